The first-order chi connectivity index (χ1) is 8.98. The summed E-state index contributed by atoms with van der Waals surface area (Å²) in [5, 5.41) is 2.06. The average molecular weight is 274 g/mol. The normalized spacial score (nSPS) is 15.6. The number of pyridine rings is 1. The second kappa shape index (κ2) is 4.49. The van der Waals surface area contributed by atoms with E-state index in [4.69, 9.17) is 16.6 Å². The van der Waals surface area contributed by atoms with Crippen molar-refractivity contribution in [3.05, 3.63) is 40.0 Å². The number of benzene rings is 1. The van der Waals surface area contributed by atoms with Gasteiger partial charge in [0.25, 0.3) is 0 Å². The van der Waals surface area contributed by atoms with Crippen LogP contribution < -0.4 is 0 Å². The van der Waals surface area contributed by atoms with Gasteiger partial charge in [0, 0.05) is 11.1 Å². The van der Waals surface area contributed by atoms with Gasteiger partial charge in [-0.3, -0.25) is 4.98 Å². The maximum Gasteiger partial charge on any atom is 0.0757 e. The van der Waals surface area contributed by atoms with Gasteiger partial charge in [0.05, 0.1) is 10.5 Å². The van der Waals surface area contributed by atoms with Crippen molar-refractivity contribution in [1.82, 2.24) is 4.98 Å². The molecule has 1 heterocycles. The molecule has 0 saturated heterocycles. The fourth-order valence-electron chi connectivity index (χ4n) is 2.99. The molecule has 3 rings (SSSR count). The summed E-state index contributed by atoms with van der Waals surface area (Å²) in [5.74, 6) is 0. The number of rotatable bonds is 0. The molecule has 2 heteroatoms. The van der Waals surface area contributed by atoms with Gasteiger partial charge < -0.3 is 0 Å². The lowest BCUT2D eigenvalue weighted by molar-refractivity contribution is 0.593. The highest BCUT2D eigenvalue weighted by Crippen LogP contribution is 2.36. The van der Waals surface area contributed by atoms with E-state index in [0.29, 0.717) is 0 Å². The highest BCUT2D eigenvalue weighted by atomic mass is 35.5. The van der Waals surface area contributed by atoms with Gasteiger partial charge in [-0.1, -0.05) is 50.6 Å². The second-order valence-electron chi connectivity index (χ2n) is 6.51. The van der Waals surface area contributed by atoms with Crippen molar-refractivity contribution in [3.8, 4) is 0 Å². The Labute approximate surface area is 120 Å². The number of fused-ring (bicyclic) bond motifs is 2. The van der Waals surface area contributed by atoms with Gasteiger partial charge in [-0.15, -0.1) is 0 Å². The molecule has 0 amide bonds. The Morgan fingerprint density at radius 2 is 1.84 bits per heavy atom. The molecule has 0 unspecified atom stereocenters. The minimum absolute atomic E-state index is 0.0960. The van der Waals surface area contributed by atoms with Gasteiger partial charge in [-0.05, 0) is 42.2 Å². The first-order valence-electron chi connectivity index (χ1n) is 7.09. The zero-order valence-electron chi connectivity index (χ0n) is 11.9. The van der Waals surface area contributed by atoms with Crippen molar-refractivity contribution >= 4 is 22.5 Å². The fraction of sp³-hybridized carbons (Fsp3) is 0.471. The summed E-state index contributed by atoms with van der Waals surface area (Å²) in [5.41, 5.74) is 4.99. The number of hydrogen-bond donors (Lipinski definition) is 0. The molecule has 19 heavy (non-hydrogen) atoms. The van der Waals surface area contributed by atoms with Crippen molar-refractivity contribution in [2.45, 2.75) is 51.9 Å². The van der Waals surface area contributed by atoms with Gasteiger partial charge in [0.2, 0.25) is 0 Å². The lowest BCUT2D eigenvalue weighted by Crippen LogP contribution is -2.14. The van der Waals surface area contributed by atoms with E-state index in [1.807, 2.05) is 0 Å². The Balaban J connectivity index is 2.36. The van der Waals surface area contributed by atoms with Gasteiger partial charge in [0.1, 0.15) is 0 Å². The van der Waals surface area contributed by atoms with Crippen LogP contribution >= 0.6 is 11.6 Å². The standard InChI is InChI=1S/C17H20ClN/c1-17(2,3)13-9-6-8-12-15(18)11-7-4-5-10-14(11)19-16(12)13/h6,8-9H,4-5,7,10H2,1-3H3. The molecule has 1 aliphatic rings. The molecule has 0 radical (unpaired) electrons. The smallest absolute Gasteiger partial charge is 0.0757 e. The molecule has 0 bridgehead atoms. The number of para-hydroxylation sites is 1. The Kier molecular flexibility index (Phi) is 3.05. The molecule has 100 valence electrons. The molecule has 1 aromatic heterocycles. The van der Waals surface area contributed by atoms with Crippen LogP contribution in [0.1, 0.15) is 50.4 Å². The van der Waals surface area contributed by atoms with Crippen molar-refractivity contribution in [3.63, 3.8) is 0 Å². The zero-order chi connectivity index (χ0) is 13.6. The van der Waals surface area contributed by atoms with Crippen molar-refractivity contribution in [2.75, 3.05) is 0 Å². The van der Waals surface area contributed by atoms with E-state index >= 15 is 0 Å². The Bertz CT molecular complexity index is 638. The lowest BCUT2D eigenvalue weighted by Gasteiger charge is -2.23. The molecule has 2 aromatic rings. The van der Waals surface area contributed by atoms with Crippen LogP contribution in [0.2, 0.25) is 5.02 Å². The van der Waals surface area contributed by atoms with Gasteiger partial charge in [-0.25, -0.2) is 0 Å². The number of aromatic nitrogens is 1. The van der Waals surface area contributed by atoms with E-state index in [9.17, 15) is 0 Å². The Hall–Kier alpha value is -1.08. The first-order valence-corrected chi connectivity index (χ1v) is 7.47. The van der Waals surface area contributed by atoms with Crippen LogP contribution in [0.15, 0.2) is 18.2 Å². The monoisotopic (exact) mass is 273 g/mol. The van der Waals surface area contributed by atoms with E-state index in [1.54, 1.807) is 0 Å². The summed E-state index contributed by atoms with van der Waals surface area (Å²) in [6.45, 7) is 6.70. The SMILES string of the molecule is CC(C)(C)c1cccc2c(Cl)c3c(nc12)CCCC3. The summed E-state index contributed by atoms with van der Waals surface area (Å²) in [6, 6.07) is 6.39. The van der Waals surface area contributed by atoms with Crippen molar-refractivity contribution < 1.29 is 0 Å². The predicted molar refractivity (Wildman–Crippen MR) is 82.1 cm³/mol. The third-order valence-corrected chi connectivity index (χ3v) is 4.46. The van der Waals surface area contributed by atoms with E-state index < -0.39 is 0 Å². The van der Waals surface area contributed by atoms with Gasteiger partial charge in [-0.2, -0.15) is 0 Å². The second-order valence-corrected chi connectivity index (χ2v) is 6.89. The number of aryl methyl sites for hydroxylation is 1. The summed E-state index contributed by atoms with van der Waals surface area (Å²) >= 11 is 6.64. The van der Waals surface area contributed by atoms with Crippen molar-refractivity contribution in [2.24, 2.45) is 0 Å². The molecule has 1 aromatic carbocycles. The number of halogens is 1. The molecule has 0 spiro atoms. The third kappa shape index (κ3) is 2.14. The molecule has 0 saturated carbocycles. The minimum atomic E-state index is 0.0960. The molecule has 0 atom stereocenters. The summed E-state index contributed by atoms with van der Waals surface area (Å²) in [4.78, 5) is 4.96. The predicted octanol–water partition coefficient (Wildman–Crippen LogP) is 5.06. The first kappa shape index (κ1) is 12.9. The molecule has 1 nitrogen and oxygen atoms in total. The van der Waals surface area contributed by atoms with Gasteiger partial charge >= 0.3 is 0 Å². The highest BCUT2D eigenvalue weighted by molar-refractivity contribution is 6.36. The molecule has 0 aliphatic heterocycles. The summed E-state index contributed by atoms with van der Waals surface area (Å²) in [7, 11) is 0. The van der Waals surface area contributed by atoms with Crippen LogP contribution in [0.3, 0.4) is 0 Å². The molecular formula is C17H20ClN. The average Bonchev–Trinajstić information content (AvgIpc) is 2.37. The fourth-order valence-corrected chi connectivity index (χ4v) is 3.35. The van der Waals surface area contributed by atoms with E-state index in [0.717, 1.165) is 28.8 Å². The number of hydrogen-bond acceptors (Lipinski definition) is 1. The Morgan fingerprint density at radius 3 is 2.58 bits per heavy atom. The Morgan fingerprint density at radius 1 is 1.11 bits per heavy atom. The molecule has 1 aliphatic carbocycles. The maximum atomic E-state index is 6.64. The molecule has 0 fully saturated rings. The minimum Gasteiger partial charge on any atom is -0.252 e. The van der Waals surface area contributed by atoms with E-state index in [-0.39, 0.29) is 5.41 Å². The van der Waals surface area contributed by atoms with Crippen LogP contribution in [-0.2, 0) is 18.3 Å². The number of nitrogens with zero attached hydrogens (tertiary/aromatic N) is 1. The third-order valence-electron chi connectivity index (χ3n) is 4.03. The zero-order valence-corrected chi connectivity index (χ0v) is 12.6. The summed E-state index contributed by atoms with van der Waals surface area (Å²) < 4.78 is 0. The summed E-state index contributed by atoms with van der Waals surface area (Å²) in [6.07, 6.45) is 4.62. The highest BCUT2D eigenvalue weighted by Gasteiger charge is 2.22. The quantitative estimate of drug-likeness (QED) is 0.653. The molecule has 0 N–H and O–H groups in total. The van der Waals surface area contributed by atoms with Crippen LogP contribution in [0, 0.1) is 0 Å². The largest absolute Gasteiger partial charge is 0.252 e. The van der Waals surface area contributed by atoms with Gasteiger partial charge in [0.15, 0.2) is 0 Å². The van der Waals surface area contributed by atoms with Crippen LogP contribution in [0.25, 0.3) is 10.9 Å². The topological polar surface area (TPSA) is 12.9 Å². The van der Waals surface area contributed by atoms with Crippen molar-refractivity contribution in [1.29, 1.82) is 0 Å². The molecular weight excluding hydrogens is 254 g/mol. The van der Waals surface area contributed by atoms with Crippen LogP contribution in [0.4, 0.5) is 0 Å². The van der Waals surface area contributed by atoms with E-state index in [2.05, 4.69) is 39.0 Å². The lowest BCUT2D eigenvalue weighted by atomic mass is 9.84. The maximum absolute atomic E-state index is 6.64. The van der Waals surface area contributed by atoms with E-state index in [1.165, 1.54) is 29.7 Å². The van der Waals surface area contributed by atoms with Crippen LogP contribution in [-0.4, -0.2) is 4.98 Å². The van der Waals surface area contributed by atoms with Crippen LogP contribution in [0.5, 0.6) is 0 Å².